The Hall–Kier alpha value is 1.20. The van der Waals surface area contributed by atoms with Crippen molar-refractivity contribution < 1.29 is 0 Å². The number of alkyl halides is 2. The summed E-state index contributed by atoms with van der Waals surface area (Å²) in [5.41, 5.74) is 0. The highest BCUT2D eigenvalue weighted by atomic mass is 127. The zero-order valence-electron chi connectivity index (χ0n) is 16.8. The van der Waals surface area contributed by atoms with Crippen molar-refractivity contribution >= 4 is 45.2 Å². The lowest BCUT2D eigenvalue weighted by Gasteiger charge is -2.01. The average molecular weight is 574 g/mol. The molecule has 0 unspecified atom stereocenters. The zero-order valence-corrected chi connectivity index (χ0v) is 21.1. The van der Waals surface area contributed by atoms with Gasteiger partial charge in [0.05, 0.1) is 0 Å². The summed E-state index contributed by atoms with van der Waals surface area (Å²) >= 11 is 4.98. The second-order valence-corrected chi connectivity index (χ2v) is 9.59. The Morgan fingerprint density at radius 1 is 0.320 bits per heavy atom. The molecule has 0 aliphatic heterocycles. The van der Waals surface area contributed by atoms with Crippen LogP contribution >= 0.6 is 45.2 Å². The molecule has 0 fully saturated rings. The number of halogens is 2. The largest absolute Gasteiger partial charge is 0.0885 e. The molecule has 0 nitrogen and oxygen atoms in total. The molecule has 0 atom stereocenters. The van der Waals surface area contributed by atoms with Gasteiger partial charge in [-0.05, 0) is 47.4 Å². The monoisotopic (exact) mass is 574 g/mol. The van der Waals surface area contributed by atoms with Crippen LogP contribution in [0.1, 0.15) is 122 Å². The molecule has 0 aromatic carbocycles. The fraction of sp³-hybridized carbons (Fsp3) is 0.913. The zero-order chi connectivity index (χ0) is 18.3. The lowest BCUT2D eigenvalue weighted by atomic mass is 10.1. The van der Waals surface area contributed by atoms with Gasteiger partial charge in [-0.1, -0.05) is 141 Å². The summed E-state index contributed by atoms with van der Waals surface area (Å²) in [6.45, 7) is 0. The predicted molar refractivity (Wildman–Crippen MR) is 135 cm³/mol. The SMILES string of the molecule is ICCCCCCCCCCC=CCCCCCCCCCCCI. The first kappa shape index (κ1) is 26.2. The topological polar surface area (TPSA) is 0 Å². The minimum absolute atomic E-state index is 1.31. The molecule has 0 spiro atoms. The van der Waals surface area contributed by atoms with Gasteiger partial charge in [0.25, 0.3) is 0 Å². The highest BCUT2D eigenvalue weighted by molar-refractivity contribution is 14.1. The van der Waals surface area contributed by atoms with E-state index in [2.05, 4.69) is 57.3 Å². The summed E-state index contributed by atoms with van der Waals surface area (Å²) in [5, 5.41) is 0. The van der Waals surface area contributed by atoms with Crippen LogP contribution in [0, 0.1) is 0 Å². The third kappa shape index (κ3) is 25.2. The van der Waals surface area contributed by atoms with E-state index < -0.39 is 0 Å². The van der Waals surface area contributed by atoms with Crippen LogP contribution in [0.4, 0.5) is 0 Å². The maximum absolute atomic E-state index is 2.49. The van der Waals surface area contributed by atoms with E-state index in [9.17, 15) is 0 Å². The van der Waals surface area contributed by atoms with Gasteiger partial charge in [-0.25, -0.2) is 0 Å². The van der Waals surface area contributed by atoms with E-state index >= 15 is 0 Å². The number of hydrogen-bond donors (Lipinski definition) is 0. The Morgan fingerprint density at radius 3 is 0.840 bits per heavy atom. The van der Waals surface area contributed by atoms with Crippen molar-refractivity contribution in [3.63, 3.8) is 0 Å². The van der Waals surface area contributed by atoms with Crippen molar-refractivity contribution in [2.45, 2.75) is 122 Å². The van der Waals surface area contributed by atoms with Gasteiger partial charge in [-0.3, -0.25) is 0 Å². The van der Waals surface area contributed by atoms with Gasteiger partial charge in [0, 0.05) is 0 Å². The van der Waals surface area contributed by atoms with Crippen molar-refractivity contribution in [2.75, 3.05) is 8.86 Å². The maximum Gasteiger partial charge on any atom is -0.000473 e. The van der Waals surface area contributed by atoms with Crippen LogP contribution in [-0.2, 0) is 0 Å². The molecule has 0 aliphatic rings. The minimum atomic E-state index is 1.31. The average Bonchev–Trinajstić information content (AvgIpc) is 2.63. The minimum Gasteiger partial charge on any atom is -0.0885 e. The first-order valence-electron chi connectivity index (χ1n) is 11.2. The van der Waals surface area contributed by atoms with Gasteiger partial charge >= 0.3 is 0 Å². The van der Waals surface area contributed by atoms with Crippen molar-refractivity contribution in [3.8, 4) is 0 Å². The predicted octanol–water partition coefficient (Wildman–Crippen LogP) is 9.82. The molecule has 0 saturated carbocycles. The fourth-order valence-electron chi connectivity index (χ4n) is 3.25. The molecule has 0 amide bonds. The summed E-state index contributed by atoms with van der Waals surface area (Å²) in [6.07, 6.45) is 32.1. The van der Waals surface area contributed by atoms with E-state index in [0.717, 1.165) is 0 Å². The van der Waals surface area contributed by atoms with Crippen molar-refractivity contribution in [1.29, 1.82) is 0 Å². The normalized spacial score (nSPS) is 11.6. The molecule has 0 aromatic heterocycles. The molecule has 0 rings (SSSR count). The van der Waals surface area contributed by atoms with Crippen molar-refractivity contribution in [2.24, 2.45) is 0 Å². The molecule has 0 radical (unpaired) electrons. The van der Waals surface area contributed by atoms with Gasteiger partial charge in [-0.15, -0.1) is 0 Å². The highest BCUT2D eigenvalue weighted by Crippen LogP contribution is 2.12. The maximum atomic E-state index is 2.49. The summed E-state index contributed by atoms with van der Waals surface area (Å²) in [5.74, 6) is 0. The molecular formula is C23H44I2. The van der Waals surface area contributed by atoms with E-state index in [4.69, 9.17) is 0 Å². The van der Waals surface area contributed by atoms with E-state index in [-0.39, 0.29) is 0 Å². The van der Waals surface area contributed by atoms with Gasteiger partial charge < -0.3 is 0 Å². The smallest absolute Gasteiger partial charge is 0.000473 e. The molecule has 0 aliphatic carbocycles. The highest BCUT2D eigenvalue weighted by Gasteiger charge is 1.93. The second-order valence-electron chi connectivity index (χ2n) is 7.44. The van der Waals surface area contributed by atoms with Crippen LogP contribution in [0.3, 0.4) is 0 Å². The van der Waals surface area contributed by atoms with Crippen molar-refractivity contribution in [3.05, 3.63) is 12.2 Å². The molecule has 0 saturated heterocycles. The number of allylic oxidation sites excluding steroid dienone is 2. The molecule has 2 heteroatoms. The molecule has 150 valence electrons. The van der Waals surface area contributed by atoms with Crippen LogP contribution in [0.15, 0.2) is 12.2 Å². The van der Waals surface area contributed by atoms with Gasteiger partial charge in [-0.2, -0.15) is 0 Å². The van der Waals surface area contributed by atoms with Crippen LogP contribution in [-0.4, -0.2) is 8.86 Å². The Bertz CT molecular complexity index is 250. The van der Waals surface area contributed by atoms with E-state index in [1.165, 1.54) is 131 Å². The summed E-state index contributed by atoms with van der Waals surface area (Å²) < 4.78 is 2.67. The van der Waals surface area contributed by atoms with Crippen LogP contribution in [0.25, 0.3) is 0 Å². The number of unbranched alkanes of at least 4 members (excludes halogenated alkanes) is 17. The summed E-state index contributed by atoms with van der Waals surface area (Å²) in [6, 6.07) is 0. The second kappa shape index (κ2) is 25.2. The molecule has 0 bridgehead atoms. The van der Waals surface area contributed by atoms with Crippen molar-refractivity contribution in [1.82, 2.24) is 0 Å². The number of rotatable bonds is 21. The first-order valence-corrected chi connectivity index (χ1v) is 14.2. The first-order chi connectivity index (χ1) is 12.4. The number of hydrogen-bond acceptors (Lipinski definition) is 0. The molecular weight excluding hydrogens is 530 g/mol. The van der Waals surface area contributed by atoms with Crippen LogP contribution in [0.2, 0.25) is 0 Å². The van der Waals surface area contributed by atoms with Gasteiger partial charge in [0.15, 0.2) is 0 Å². The third-order valence-electron chi connectivity index (χ3n) is 4.93. The summed E-state index contributed by atoms with van der Waals surface area (Å²) in [4.78, 5) is 0. The molecule has 0 aromatic rings. The molecule has 25 heavy (non-hydrogen) atoms. The van der Waals surface area contributed by atoms with Crippen LogP contribution < -0.4 is 0 Å². The van der Waals surface area contributed by atoms with Gasteiger partial charge in [0.2, 0.25) is 0 Å². The molecule has 0 heterocycles. The lowest BCUT2D eigenvalue weighted by Crippen LogP contribution is -1.82. The van der Waals surface area contributed by atoms with E-state index in [1.807, 2.05) is 0 Å². The Kier molecular flexibility index (Phi) is 26.4. The standard InChI is InChI=1S/C23H44I2/c24-22-20-18-16-14-12-10-8-6-4-2-1-3-5-7-9-11-13-15-17-19-21-23-25/h1-2H,3-23H2. The third-order valence-corrected chi connectivity index (χ3v) is 6.45. The quantitative estimate of drug-likeness (QED) is 0.0554. The van der Waals surface area contributed by atoms with Crippen LogP contribution in [0.5, 0.6) is 0 Å². The molecule has 0 N–H and O–H groups in total. The Morgan fingerprint density at radius 2 is 0.560 bits per heavy atom. The summed E-state index contributed by atoms with van der Waals surface area (Å²) in [7, 11) is 0. The Labute approximate surface area is 187 Å². The van der Waals surface area contributed by atoms with Gasteiger partial charge in [0.1, 0.15) is 0 Å². The van der Waals surface area contributed by atoms with E-state index in [1.54, 1.807) is 0 Å². The fourth-order valence-corrected chi connectivity index (χ4v) is 4.33. The Balaban J connectivity index is 3.04. The lowest BCUT2D eigenvalue weighted by molar-refractivity contribution is 0.567. The van der Waals surface area contributed by atoms with E-state index in [0.29, 0.717) is 0 Å².